The van der Waals surface area contributed by atoms with E-state index in [9.17, 15) is 0 Å². The standard InChI is InChI=1S/C15H18ClN3.ClH/c1-9(2)12-7-10(16)8-13-11(3-4-17-14(12)13)15-18-5-6-19-15;/h5-9,11,17H,3-4H2,1-2H3,(H,18,19);1H. The fourth-order valence-electron chi connectivity index (χ4n) is 2.83. The molecule has 1 aromatic carbocycles. The molecule has 1 aromatic heterocycles. The molecule has 2 aromatic rings. The first-order chi connectivity index (χ1) is 9.16. The maximum absolute atomic E-state index is 6.29. The zero-order valence-corrected chi connectivity index (χ0v) is 13.2. The maximum Gasteiger partial charge on any atom is 0.113 e. The van der Waals surface area contributed by atoms with Crippen LogP contribution in [0.3, 0.4) is 0 Å². The molecule has 108 valence electrons. The van der Waals surface area contributed by atoms with Crippen LogP contribution in [0.5, 0.6) is 0 Å². The topological polar surface area (TPSA) is 40.7 Å². The second-order valence-electron chi connectivity index (χ2n) is 5.36. The number of H-pyrrole nitrogens is 1. The maximum atomic E-state index is 6.29. The Morgan fingerprint density at radius 1 is 1.35 bits per heavy atom. The summed E-state index contributed by atoms with van der Waals surface area (Å²) < 4.78 is 0. The minimum absolute atomic E-state index is 0. The number of aromatic nitrogens is 2. The predicted octanol–water partition coefficient (Wildman–Crippen LogP) is 4.56. The molecule has 2 heterocycles. The lowest BCUT2D eigenvalue weighted by Gasteiger charge is -2.29. The van der Waals surface area contributed by atoms with Crippen molar-refractivity contribution < 1.29 is 0 Å². The predicted molar refractivity (Wildman–Crippen MR) is 86.3 cm³/mol. The van der Waals surface area contributed by atoms with E-state index in [4.69, 9.17) is 11.6 Å². The van der Waals surface area contributed by atoms with Gasteiger partial charge in [-0.05, 0) is 35.6 Å². The summed E-state index contributed by atoms with van der Waals surface area (Å²) in [4.78, 5) is 7.65. The van der Waals surface area contributed by atoms with Gasteiger partial charge in [-0.3, -0.25) is 0 Å². The van der Waals surface area contributed by atoms with Crippen molar-refractivity contribution in [1.29, 1.82) is 0 Å². The third-order valence-corrected chi connectivity index (χ3v) is 3.96. The van der Waals surface area contributed by atoms with Crippen molar-refractivity contribution in [3.05, 3.63) is 46.5 Å². The van der Waals surface area contributed by atoms with Crippen LogP contribution in [-0.2, 0) is 0 Å². The summed E-state index contributed by atoms with van der Waals surface area (Å²) >= 11 is 6.29. The van der Waals surface area contributed by atoms with Crippen molar-refractivity contribution in [2.24, 2.45) is 0 Å². The molecule has 2 N–H and O–H groups in total. The number of fused-ring (bicyclic) bond motifs is 1. The van der Waals surface area contributed by atoms with Gasteiger partial charge in [-0.15, -0.1) is 12.4 Å². The molecule has 0 aliphatic carbocycles. The molecular weight excluding hydrogens is 293 g/mol. The fraction of sp³-hybridized carbons (Fsp3) is 0.400. The number of benzene rings is 1. The molecule has 0 spiro atoms. The van der Waals surface area contributed by atoms with E-state index >= 15 is 0 Å². The van der Waals surface area contributed by atoms with E-state index in [-0.39, 0.29) is 12.4 Å². The number of halogens is 2. The van der Waals surface area contributed by atoms with E-state index in [0.29, 0.717) is 11.8 Å². The highest BCUT2D eigenvalue weighted by molar-refractivity contribution is 6.30. The molecule has 0 amide bonds. The average molecular weight is 312 g/mol. The van der Waals surface area contributed by atoms with Gasteiger partial charge >= 0.3 is 0 Å². The Bertz CT molecular complexity index is 579. The van der Waals surface area contributed by atoms with Crippen molar-refractivity contribution in [2.45, 2.75) is 32.1 Å². The monoisotopic (exact) mass is 311 g/mol. The summed E-state index contributed by atoms with van der Waals surface area (Å²) in [5.41, 5.74) is 3.79. The Hall–Kier alpha value is -1.19. The first-order valence-electron chi connectivity index (χ1n) is 6.73. The Morgan fingerprint density at radius 2 is 2.15 bits per heavy atom. The number of nitrogens with one attached hydrogen (secondary N) is 2. The second kappa shape index (κ2) is 6.06. The molecular formula is C15H19Cl2N3. The molecule has 1 aliphatic heterocycles. The molecule has 5 heteroatoms. The summed E-state index contributed by atoms with van der Waals surface area (Å²) in [6.45, 7) is 5.37. The number of aromatic amines is 1. The quantitative estimate of drug-likeness (QED) is 0.853. The number of rotatable bonds is 2. The summed E-state index contributed by atoms with van der Waals surface area (Å²) in [5, 5.41) is 4.34. The van der Waals surface area contributed by atoms with Crippen LogP contribution in [0.1, 0.15) is 49.1 Å². The van der Waals surface area contributed by atoms with Gasteiger partial charge < -0.3 is 10.3 Å². The van der Waals surface area contributed by atoms with Gasteiger partial charge in [0.25, 0.3) is 0 Å². The molecule has 20 heavy (non-hydrogen) atoms. The van der Waals surface area contributed by atoms with Crippen molar-refractivity contribution in [2.75, 3.05) is 11.9 Å². The van der Waals surface area contributed by atoms with Crippen LogP contribution in [0.4, 0.5) is 5.69 Å². The third-order valence-electron chi connectivity index (χ3n) is 3.75. The van der Waals surface area contributed by atoms with E-state index in [1.165, 1.54) is 16.8 Å². The van der Waals surface area contributed by atoms with Crippen LogP contribution in [0.15, 0.2) is 24.5 Å². The summed E-state index contributed by atoms with van der Waals surface area (Å²) in [7, 11) is 0. The van der Waals surface area contributed by atoms with E-state index in [0.717, 1.165) is 23.8 Å². The smallest absolute Gasteiger partial charge is 0.113 e. The van der Waals surface area contributed by atoms with Crippen LogP contribution < -0.4 is 5.32 Å². The van der Waals surface area contributed by atoms with E-state index in [1.807, 2.05) is 12.4 Å². The average Bonchev–Trinajstić information content (AvgIpc) is 2.90. The van der Waals surface area contributed by atoms with Gasteiger partial charge in [0, 0.05) is 35.6 Å². The Morgan fingerprint density at radius 3 is 2.80 bits per heavy atom. The first-order valence-corrected chi connectivity index (χ1v) is 7.11. The SMILES string of the molecule is CC(C)c1cc(Cl)cc2c1NCCC2c1ncc[nH]1.Cl. The van der Waals surface area contributed by atoms with Crippen molar-refractivity contribution >= 4 is 29.7 Å². The highest BCUT2D eigenvalue weighted by Crippen LogP contribution is 2.41. The number of hydrogen-bond acceptors (Lipinski definition) is 2. The molecule has 3 rings (SSSR count). The van der Waals surface area contributed by atoms with Gasteiger partial charge in [0.2, 0.25) is 0 Å². The minimum atomic E-state index is 0. The largest absolute Gasteiger partial charge is 0.385 e. The molecule has 0 saturated heterocycles. The molecule has 1 aliphatic rings. The highest BCUT2D eigenvalue weighted by atomic mass is 35.5. The Balaban J connectivity index is 0.00000147. The van der Waals surface area contributed by atoms with Crippen molar-refractivity contribution in [1.82, 2.24) is 9.97 Å². The van der Waals surface area contributed by atoms with Crippen LogP contribution in [0.2, 0.25) is 5.02 Å². The lowest BCUT2D eigenvalue weighted by molar-refractivity contribution is 0.679. The summed E-state index contributed by atoms with van der Waals surface area (Å²) in [6.07, 6.45) is 4.73. The van der Waals surface area contributed by atoms with Crippen LogP contribution in [0, 0.1) is 0 Å². The zero-order chi connectivity index (χ0) is 13.4. The Labute approximate surface area is 130 Å². The van der Waals surface area contributed by atoms with Gasteiger partial charge in [-0.25, -0.2) is 4.98 Å². The molecule has 1 unspecified atom stereocenters. The number of anilines is 1. The van der Waals surface area contributed by atoms with E-state index < -0.39 is 0 Å². The van der Waals surface area contributed by atoms with Gasteiger partial charge in [-0.2, -0.15) is 0 Å². The van der Waals surface area contributed by atoms with Gasteiger partial charge in [0.05, 0.1) is 0 Å². The van der Waals surface area contributed by atoms with Crippen molar-refractivity contribution in [3.8, 4) is 0 Å². The summed E-state index contributed by atoms with van der Waals surface area (Å²) in [5.74, 6) is 1.79. The van der Waals surface area contributed by atoms with Crippen LogP contribution in [-0.4, -0.2) is 16.5 Å². The number of nitrogens with zero attached hydrogens (tertiary/aromatic N) is 1. The van der Waals surface area contributed by atoms with Gasteiger partial charge in [0.15, 0.2) is 0 Å². The molecule has 0 bridgehead atoms. The zero-order valence-electron chi connectivity index (χ0n) is 11.6. The molecule has 0 fully saturated rings. The molecule has 0 saturated carbocycles. The van der Waals surface area contributed by atoms with Crippen LogP contribution in [0.25, 0.3) is 0 Å². The minimum Gasteiger partial charge on any atom is -0.385 e. The normalized spacial score (nSPS) is 17.3. The van der Waals surface area contributed by atoms with Crippen LogP contribution >= 0.6 is 24.0 Å². The van der Waals surface area contributed by atoms with E-state index in [1.54, 1.807) is 0 Å². The molecule has 3 nitrogen and oxygen atoms in total. The van der Waals surface area contributed by atoms with Crippen molar-refractivity contribution in [3.63, 3.8) is 0 Å². The number of imidazole rings is 1. The lowest BCUT2D eigenvalue weighted by atomic mass is 9.86. The van der Waals surface area contributed by atoms with E-state index in [2.05, 4.69) is 41.3 Å². The first kappa shape index (κ1) is 15.2. The third kappa shape index (κ3) is 2.65. The number of hydrogen-bond donors (Lipinski definition) is 2. The summed E-state index contributed by atoms with van der Waals surface area (Å²) in [6, 6.07) is 4.14. The fourth-order valence-corrected chi connectivity index (χ4v) is 3.07. The highest BCUT2D eigenvalue weighted by Gasteiger charge is 2.26. The lowest BCUT2D eigenvalue weighted by Crippen LogP contribution is -2.20. The van der Waals surface area contributed by atoms with Gasteiger partial charge in [-0.1, -0.05) is 25.4 Å². The molecule has 0 radical (unpaired) electrons. The Kier molecular flexibility index (Phi) is 4.61. The molecule has 1 atom stereocenters. The van der Waals surface area contributed by atoms with Gasteiger partial charge in [0.1, 0.15) is 5.82 Å². The second-order valence-corrected chi connectivity index (χ2v) is 5.79.